The molecule has 0 aliphatic heterocycles. The van der Waals surface area contributed by atoms with E-state index in [1.807, 2.05) is 24.4 Å². The molecule has 0 atom stereocenters. The van der Waals surface area contributed by atoms with Gasteiger partial charge in [0.25, 0.3) is 0 Å². The molecule has 1 aromatic carbocycles. The number of aromatic nitrogens is 2. The summed E-state index contributed by atoms with van der Waals surface area (Å²) in [6.45, 7) is 1.86. The molecule has 0 bridgehead atoms. The lowest BCUT2D eigenvalue weighted by Crippen LogP contribution is -2.15. The third kappa shape index (κ3) is 3.61. The molecule has 0 radical (unpaired) electrons. The average molecular weight is 384 g/mol. The van der Waals surface area contributed by atoms with Crippen molar-refractivity contribution in [3.8, 4) is 0 Å². The lowest BCUT2D eigenvalue weighted by Gasteiger charge is -2.11. The van der Waals surface area contributed by atoms with E-state index in [1.165, 1.54) is 18.1 Å². The molecular weight excluding hydrogens is 373 g/mol. The van der Waals surface area contributed by atoms with Crippen LogP contribution in [-0.4, -0.2) is 21.6 Å². The summed E-state index contributed by atoms with van der Waals surface area (Å²) in [7, 11) is 0. The first-order chi connectivity index (χ1) is 11.1. The van der Waals surface area contributed by atoms with Crippen LogP contribution in [0.15, 0.2) is 34.9 Å². The summed E-state index contributed by atoms with van der Waals surface area (Å²) < 4.78 is 0. The Morgan fingerprint density at radius 1 is 1.30 bits per heavy atom. The number of carbonyl (C=O) groups is 1. The van der Waals surface area contributed by atoms with Gasteiger partial charge in [-0.15, -0.1) is 11.3 Å². The van der Waals surface area contributed by atoms with Crippen LogP contribution in [0, 0.1) is 6.92 Å². The van der Waals surface area contributed by atoms with Gasteiger partial charge < -0.3 is 5.32 Å². The minimum Gasteiger partial charge on any atom is -0.323 e. The highest BCUT2D eigenvalue weighted by Gasteiger charge is 2.13. The number of thioether (sulfide) groups is 1. The van der Waals surface area contributed by atoms with Crippen LogP contribution in [0.3, 0.4) is 0 Å². The molecule has 23 heavy (non-hydrogen) atoms. The summed E-state index contributed by atoms with van der Waals surface area (Å²) in [4.78, 5) is 21.5. The molecule has 1 amide bonds. The normalized spacial score (nSPS) is 10.9. The molecule has 118 valence electrons. The summed E-state index contributed by atoms with van der Waals surface area (Å²) in [5, 5.41) is 7.34. The fraction of sp³-hybridized carbons (Fsp3) is 0.133. The zero-order chi connectivity index (χ0) is 16.4. The Labute approximate surface area is 151 Å². The number of carbonyl (C=O) groups excluding carboxylic acids is 1. The fourth-order valence-corrected chi connectivity index (χ4v) is 4.01. The molecule has 4 nitrogen and oxygen atoms in total. The summed E-state index contributed by atoms with van der Waals surface area (Å²) in [6, 6.07) is 5.47. The number of aryl methyl sites for hydroxylation is 1. The SMILES string of the molecule is Cc1ccc(Cl)c(NC(=O)CSc2ncnc3sccc23)c1Cl. The van der Waals surface area contributed by atoms with Crippen molar-refractivity contribution in [3.05, 3.63) is 45.5 Å². The number of anilines is 1. The summed E-state index contributed by atoms with van der Waals surface area (Å²) >= 11 is 15.2. The quantitative estimate of drug-likeness (QED) is 0.506. The molecule has 1 N–H and O–H groups in total. The zero-order valence-corrected chi connectivity index (χ0v) is 15.1. The molecule has 0 fully saturated rings. The highest BCUT2D eigenvalue weighted by Crippen LogP contribution is 2.33. The lowest BCUT2D eigenvalue weighted by molar-refractivity contribution is -0.113. The number of nitrogens with one attached hydrogen (secondary N) is 1. The first kappa shape index (κ1) is 16.5. The maximum absolute atomic E-state index is 12.2. The Morgan fingerprint density at radius 3 is 2.96 bits per heavy atom. The number of rotatable bonds is 4. The highest BCUT2D eigenvalue weighted by atomic mass is 35.5. The lowest BCUT2D eigenvalue weighted by atomic mass is 10.2. The zero-order valence-electron chi connectivity index (χ0n) is 12.0. The van der Waals surface area contributed by atoms with E-state index < -0.39 is 0 Å². The topological polar surface area (TPSA) is 54.9 Å². The molecule has 3 aromatic rings. The van der Waals surface area contributed by atoms with Gasteiger partial charge in [0.2, 0.25) is 5.91 Å². The standard InChI is InChI=1S/C15H11Cl2N3OS2/c1-8-2-3-10(16)13(12(8)17)20-11(21)6-23-15-9-4-5-22-14(9)18-7-19-15/h2-5,7H,6H2,1H3,(H,20,21). The van der Waals surface area contributed by atoms with Crippen molar-refractivity contribution in [2.45, 2.75) is 11.9 Å². The van der Waals surface area contributed by atoms with Gasteiger partial charge in [0.1, 0.15) is 16.2 Å². The molecule has 2 heterocycles. The van der Waals surface area contributed by atoms with Crippen LogP contribution in [0.5, 0.6) is 0 Å². The molecule has 0 saturated heterocycles. The van der Waals surface area contributed by atoms with Crippen LogP contribution in [-0.2, 0) is 4.79 Å². The predicted molar refractivity (Wildman–Crippen MR) is 98.0 cm³/mol. The van der Waals surface area contributed by atoms with Gasteiger partial charge in [-0.1, -0.05) is 41.0 Å². The number of halogens is 2. The number of thiophene rings is 1. The number of nitrogens with zero attached hydrogens (tertiary/aromatic N) is 2. The Bertz CT molecular complexity index is 882. The van der Waals surface area contributed by atoms with E-state index in [1.54, 1.807) is 17.4 Å². The van der Waals surface area contributed by atoms with Crippen molar-refractivity contribution >= 4 is 68.1 Å². The van der Waals surface area contributed by atoms with Gasteiger partial charge in [0, 0.05) is 5.39 Å². The molecule has 0 unspecified atom stereocenters. The van der Waals surface area contributed by atoms with Gasteiger partial charge in [-0.3, -0.25) is 4.79 Å². The highest BCUT2D eigenvalue weighted by molar-refractivity contribution is 8.00. The van der Waals surface area contributed by atoms with Crippen molar-refractivity contribution in [3.63, 3.8) is 0 Å². The van der Waals surface area contributed by atoms with Crippen LogP contribution in [0.1, 0.15) is 5.56 Å². The second-order valence-electron chi connectivity index (χ2n) is 4.71. The average Bonchev–Trinajstić information content (AvgIpc) is 3.02. The minimum atomic E-state index is -0.189. The Morgan fingerprint density at radius 2 is 2.13 bits per heavy atom. The second kappa shape index (κ2) is 7.05. The van der Waals surface area contributed by atoms with Gasteiger partial charge in [-0.25, -0.2) is 9.97 Å². The third-order valence-electron chi connectivity index (χ3n) is 3.11. The molecule has 8 heteroatoms. The number of hydrogen-bond donors (Lipinski definition) is 1. The van der Waals surface area contributed by atoms with E-state index in [0.29, 0.717) is 15.7 Å². The van der Waals surface area contributed by atoms with E-state index >= 15 is 0 Å². The summed E-state index contributed by atoms with van der Waals surface area (Å²) in [6.07, 6.45) is 1.51. The van der Waals surface area contributed by atoms with Crippen molar-refractivity contribution in [1.82, 2.24) is 9.97 Å². The van der Waals surface area contributed by atoms with Crippen molar-refractivity contribution in [2.75, 3.05) is 11.1 Å². The van der Waals surface area contributed by atoms with Gasteiger partial charge in [0.15, 0.2) is 0 Å². The second-order valence-corrected chi connectivity index (χ2v) is 7.35. The molecule has 3 rings (SSSR count). The van der Waals surface area contributed by atoms with Crippen LogP contribution >= 0.6 is 46.3 Å². The number of amides is 1. The van der Waals surface area contributed by atoms with Crippen LogP contribution in [0.25, 0.3) is 10.2 Å². The van der Waals surface area contributed by atoms with Gasteiger partial charge >= 0.3 is 0 Å². The van der Waals surface area contributed by atoms with E-state index in [9.17, 15) is 4.79 Å². The minimum absolute atomic E-state index is 0.189. The molecule has 0 aliphatic carbocycles. The van der Waals surface area contributed by atoms with E-state index in [0.717, 1.165) is 20.8 Å². The van der Waals surface area contributed by atoms with E-state index in [2.05, 4.69) is 15.3 Å². The summed E-state index contributed by atoms with van der Waals surface area (Å²) in [5.41, 5.74) is 1.30. The molecule has 2 aromatic heterocycles. The fourth-order valence-electron chi connectivity index (χ4n) is 1.96. The third-order valence-corrected chi connectivity index (χ3v) is 5.74. The molecule has 0 aliphatic rings. The first-order valence-corrected chi connectivity index (χ1v) is 9.24. The number of benzene rings is 1. The maximum atomic E-state index is 12.2. The number of fused-ring (bicyclic) bond motifs is 1. The van der Waals surface area contributed by atoms with Crippen LogP contribution < -0.4 is 5.32 Å². The largest absolute Gasteiger partial charge is 0.323 e. The van der Waals surface area contributed by atoms with E-state index in [-0.39, 0.29) is 11.7 Å². The van der Waals surface area contributed by atoms with Gasteiger partial charge in [-0.05, 0) is 30.0 Å². The van der Waals surface area contributed by atoms with Crippen LogP contribution in [0.4, 0.5) is 5.69 Å². The monoisotopic (exact) mass is 383 g/mol. The predicted octanol–water partition coefficient (Wildman–Crippen LogP) is 5.04. The summed E-state index contributed by atoms with van der Waals surface area (Å²) in [5.74, 6) is 0.0223. The maximum Gasteiger partial charge on any atom is 0.234 e. The van der Waals surface area contributed by atoms with Crippen molar-refractivity contribution in [2.24, 2.45) is 0 Å². The first-order valence-electron chi connectivity index (χ1n) is 6.61. The van der Waals surface area contributed by atoms with E-state index in [4.69, 9.17) is 23.2 Å². The van der Waals surface area contributed by atoms with Gasteiger partial charge in [0.05, 0.1) is 21.5 Å². The number of hydrogen-bond acceptors (Lipinski definition) is 5. The van der Waals surface area contributed by atoms with Gasteiger partial charge in [-0.2, -0.15) is 0 Å². The van der Waals surface area contributed by atoms with Crippen molar-refractivity contribution < 1.29 is 4.79 Å². The Kier molecular flexibility index (Phi) is 5.06. The molecule has 0 saturated carbocycles. The molecule has 0 spiro atoms. The van der Waals surface area contributed by atoms with Crippen molar-refractivity contribution in [1.29, 1.82) is 0 Å². The Balaban J connectivity index is 1.71. The van der Waals surface area contributed by atoms with Crippen LogP contribution in [0.2, 0.25) is 10.0 Å². The molecular formula is C15H11Cl2N3OS2. The Hall–Kier alpha value is -1.34. The smallest absolute Gasteiger partial charge is 0.234 e.